The second kappa shape index (κ2) is 4.75. The van der Waals surface area contributed by atoms with Crippen molar-refractivity contribution in [1.82, 2.24) is 0 Å². The van der Waals surface area contributed by atoms with Gasteiger partial charge in [-0.15, -0.1) is 0 Å². The fraction of sp³-hybridized carbons (Fsp3) is 0.214. The van der Waals surface area contributed by atoms with Crippen molar-refractivity contribution < 1.29 is 13.2 Å². The molecule has 0 spiro atoms. The summed E-state index contributed by atoms with van der Waals surface area (Å²) in [5.41, 5.74) is -0.258. The van der Waals surface area contributed by atoms with Gasteiger partial charge in [0.05, 0.1) is 10.8 Å². The number of nitrogens with two attached hydrogens (primary N) is 1. The van der Waals surface area contributed by atoms with Crippen LogP contribution in [0.2, 0.25) is 0 Å². The number of benzene rings is 1. The predicted molar refractivity (Wildman–Crippen MR) is 72.6 cm³/mol. The van der Waals surface area contributed by atoms with E-state index in [4.69, 9.17) is 5.14 Å². The second-order valence-electron chi connectivity index (χ2n) is 4.66. The summed E-state index contributed by atoms with van der Waals surface area (Å²) in [5.74, 6) is -0.541. The fourth-order valence-electron chi connectivity index (χ4n) is 2.31. The van der Waals surface area contributed by atoms with E-state index in [0.29, 0.717) is 5.56 Å². The van der Waals surface area contributed by atoms with Crippen molar-refractivity contribution in [2.45, 2.75) is 17.2 Å². The van der Waals surface area contributed by atoms with E-state index in [1.165, 1.54) is 6.07 Å². The van der Waals surface area contributed by atoms with Gasteiger partial charge in [0.2, 0.25) is 16.3 Å². The highest BCUT2D eigenvalue weighted by molar-refractivity contribution is 7.89. The molecule has 0 fully saturated rings. The molecule has 99 valence electrons. The maximum atomic E-state index is 11.7. The van der Waals surface area contributed by atoms with E-state index < -0.39 is 21.4 Å². The van der Waals surface area contributed by atoms with Crippen molar-refractivity contribution in [3.8, 4) is 0 Å². The summed E-state index contributed by atoms with van der Waals surface area (Å²) in [6.45, 7) is 1.80. The second-order valence-corrected chi connectivity index (χ2v) is 6.19. The smallest absolute Gasteiger partial charge is 0.238 e. The van der Waals surface area contributed by atoms with E-state index >= 15 is 0 Å². The maximum Gasteiger partial charge on any atom is 0.238 e. The zero-order valence-corrected chi connectivity index (χ0v) is 11.2. The zero-order chi connectivity index (χ0) is 14.1. The van der Waals surface area contributed by atoms with Crippen LogP contribution in [-0.4, -0.2) is 14.7 Å². The van der Waals surface area contributed by atoms with Crippen molar-refractivity contribution in [1.29, 1.82) is 0 Å². The third-order valence-electron chi connectivity index (χ3n) is 3.40. The highest BCUT2D eigenvalue weighted by Gasteiger charge is 2.37. The van der Waals surface area contributed by atoms with Gasteiger partial charge < -0.3 is 0 Å². The van der Waals surface area contributed by atoms with E-state index in [0.717, 1.165) is 0 Å². The van der Waals surface area contributed by atoms with Gasteiger partial charge in [-0.1, -0.05) is 49.4 Å². The molecule has 1 radical (unpaired) electrons. The number of rotatable bonds is 3. The first-order valence-electron chi connectivity index (χ1n) is 5.75. The van der Waals surface area contributed by atoms with E-state index in [1.54, 1.807) is 49.4 Å². The number of primary sulfonamides is 1. The van der Waals surface area contributed by atoms with Gasteiger partial charge in [-0.2, -0.15) is 0 Å². The van der Waals surface area contributed by atoms with Crippen LogP contribution in [0.4, 0.5) is 0 Å². The summed E-state index contributed by atoms with van der Waals surface area (Å²) < 4.78 is 23.3. The van der Waals surface area contributed by atoms with Gasteiger partial charge in [-0.05, 0) is 11.6 Å². The summed E-state index contributed by atoms with van der Waals surface area (Å²) in [7, 11) is -3.84. The average Bonchev–Trinajstić information content (AvgIpc) is 2.38. The standard InChI is InChI=1S/C14H14NO3S/c1-14(9-5-4-6-11(14)10-16)12-7-2-3-8-13(12)19(15,17)18/h2-9,11H,1H3,(H2,15,17,18). The third kappa shape index (κ3) is 2.39. The molecule has 19 heavy (non-hydrogen) atoms. The molecule has 1 aromatic carbocycles. The Morgan fingerprint density at radius 2 is 1.95 bits per heavy atom. The fourth-order valence-corrected chi connectivity index (χ4v) is 3.18. The molecule has 0 bridgehead atoms. The summed E-state index contributed by atoms with van der Waals surface area (Å²) >= 11 is 0. The molecule has 4 nitrogen and oxygen atoms in total. The van der Waals surface area contributed by atoms with Crippen molar-refractivity contribution in [3.63, 3.8) is 0 Å². The lowest BCUT2D eigenvalue weighted by Crippen LogP contribution is -2.33. The molecule has 0 amide bonds. The van der Waals surface area contributed by atoms with Gasteiger partial charge in [0.1, 0.15) is 0 Å². The zero-order valence-electron chi connectivity index (χ0n) is 10.4. The molecule has 1 aliphatic rings. The van der Waals surface area contributed by atoms with Crippen molar-refractivity contribution in [2.24, 2.45) is 11.1 Å². The molecule has 2 atom stereocenters. The highest BCUT2D eigenvalue weighted by atomic mass is 32.2. The average molecular weight is 276 g/mol. The van der Waals surface area contributed by atoms with E-state index in [1.807, 2.05) is 6.29 Å². The molecular weight excluding hydrogens is 262 g/mol. The molecule has 0 saturated carbocycles. The summed E-state index contributed by atoms with van der Waals surface area (Å²) in [5, 5.41) is 5.24. The molecule has 0 aliphatic heterocycles. The molecule has 2 unspecified atom stereocenters. The molecule has 0 saturated heterocycles. The normalized spacial score (nSPS) is 26.3. The van der Waals surface area contributed by atoms with Crippen molar-refractivity contribution >= 4 is 16.3 Å². The molecule has 0 heterocycles. The van der Waals surface area contributed by atoms with Crippen molar-refractivity contribution in [3.05, 3.63) is 54.1 Å². The molecule has 2 rings (SSSR count). The van der Waals surface area contributed by atoms with Crippen LogP contribution in [0, 0.1) is 5.92 Å². The third-order valence-corrected chi connectivity index (χ3v) is 4.37. The van der Waals surface area contributed by atoms with E-state index in [9.17, 15) is 13.2 Å². The van der Waals surface area contributed by atoms with Crippen LogP contribution in [0.25, 0.3) is 0 Å². The van der Waals surface area contributed by atoms with Crippen molar-refractivity contribution in [2.75, 3.05) is 0 Å². The topological polar surface area (TPSA) is 77.2 Å². The van der Waals surface area contributed by atoms with E-state index in [2.05, 4.69) is 0 Å². The number of sulfonamides is 1. The molecule has 5 heteroatoms. The lowest BCUT2D eigenvalue weighted by Gasteiger charge is -2.33. The van der Waals surface area contributed by atoms with Gasteiger partial charge in [-0.25, -0.2) is 13.6 Å². The van der Waals surface area contributed by atoms with Gasteiger partial charge in [0.15, 0.2) is 0 Å². The van der Waals surface area contributed by atoms with Crippen LogP contribution in [-0.2, 0) is 20.2 Å². The molecule has 0 aromatic heterocycles. The van der Waals surface area contributed by atoms with Gasteiger partial charge in [-0.3, -0.25) is 4.79 Å². The first-order chi connectivity index (χ1) is 8.89. The highest BCUT2D eigenvalue weighted by Crippen LogP contribution is 2.38. The Morgan fingerprint density at radius 3 is 2.58 bits per heavy atom. The predicted octanol–water partition coefficient (Wildman–Crippen LogP) is 1.44. The first kappa shape index (κ1) is 13.7. The van der Waals surface area contributed by atoms with Gasteiger partial charge in [0, 0.05) is 5.41 Å². The maximum absolute atomic E-state index is 11.7. The monoisotopic (exact) mass is 276 g/mol. The van der Waals surface area contributed by atoms with Crippen LogP contribution >= 0.6 is 0 Å². The van der Waals surface area contributed by atoms with Gasteiger partial charge >= 0.3 is 0 Å². The molecule has 2 N–H and O–H groups in total. The van der Waals surface area contributed by atoms with Crippen LogP contribution in [0.5, 0.6) is 0 Å². The van der Waals surface area contributed by atoms with E-state index in [-0.39, 0.29) is 4.90 Å². The molecule has 1 aromatic rings. The van der Waals surface area contributed by atoms with Crippen LogP contribution in [0.15, 0.2) is 53.5 Å². The number of carbonyl (C=O) groups excluding carboxylic acids is 1. The summed E-state index contributed by atoms with van der Waals surface area (Å²) in [6, 6.07) is 6.45. The molecular formula is C14H14NO3S. The Bertz CT molecular complexity index is 661. The Balaban J connectivity index is 2.68. The number of hydrogen-bond acceptors (Lipinski definition) is 3. The first-order valence-corrected chi connectivity index (χ1v) is 7.30. The Morgan fingerprint density at radius 1 is 1.26 bits per heavy atom. The minimum atomic E-state index is -3.84. The largest absolute Gasteiger partial charge is 0.290 e. The lowest BCUT2D eigenvalue weighted by molar-refractivity contribution is 0.464. The van der Waals surface area contributed by atoms with Gasteiger partial charge in [0.25, 0.3) is 0 Å². The number of allylic oxidation sites excluding steroid dienone is 4. The number of hydrogen-bond donors (Lipinski definition) is 1. The van der Waals surface area contributed by atoms with Crippen LogP contribution in [0.3, 0.4) is 0 Å². The minimum Gasteiger partial charge on any atom is -0.290 e. The molecule has 1 aliphatic carbocycles. The Labute approximate surface area is 112 Å². The summed E-state index contributed by atoms with van der Waals surface area (Å²) in [6.07, 6.45) is 8.98. The SMILES string of the molecule is CC1(c2ccccc2S(N)(=O)=O)C=CC=CC1[C]=O. The lowest BCUT2D eigenvalue weighted by atomic mass is 9.70. The van der Waals surface area contributed by atoms with Crippen LogP contribution < -0.4 is 5.14 Å². The summed E-state index contributed by atoms with van der Waals surface area (Å²) in [4.78, 5) is 11.2. The van der Waals surface area contributed by atoms with Crippen LogP contribution in [0.1, 0.15) is 12.5 Å². The minimum absolute atomic E-state index is 0.0395. The quantitative estimate of drug-likeness (QED) is 0.907. The Hall–Kier alpha value is -1.72. The Kier molecular flexibility index (Phi) is 3.43.